The molecule has 0 heterocycles. The summed E-state index contributed by atoms with van der Waals surface area (Å²) in [6, 6.07) is 15.1. The molecule has 0 atom stereocenters. The van der Waals surface area contributed by atoms with Crippen LogP contribution in [0.5, 0.6) is 17.2 Å². The van der Waals surface area contributed by atoms with Crippen molar-refractivity contribution in [2.75, 3.05) is 26.9 Å². The lowest BCUT2D eigenvalue weighted by Gasteiger charge is -2.10. The standard InChI is InChI=1S/C20H25NO4/c1-15(2)16-4-6-19(7-5-16)25-14-20(22)21-12-13-24-18-10-8-17(23-3)9-11-18/h4-11,15H,12-14H2,1-3H3,(H,21,22). The van der Waals surface area contributed by atoms with Gasteiger partial charge in [-0.25, -0.2) is 0 Å². The van der Waals surface area contributed by atoms with Crippen LogP contribution in [0, 0.1) is 0 Å². The smallest absolute Gasteiger partial charge is 0.258 e. The Labute approximate surface area is 148 Å². The highest BCUT2D eigenvalue weighted by Crippen LogP contribution is 2.18. The zero-order chi connectivity index (χ0) is 18.1. The Bertz CT molecular complexity index is 650. The van der Waals surface area contributed by atoms with Crippen LogP contribution in [0.25, 0.3) is 0 Å². The zero-order valence-corrected chi connectivity index (χ0v) is 15.0. The van der Waals surface area contributed by atoms with Gasteiger partial charge in [0.25, 0.3) is 5.91 Å². The van der Waals surface area contributed by atoms with E-state index in [1.54, 1.807) is 7.11 Å². The molecule has 0 fully saturated rings. The Balaban J connectivity index is 1.63. The third-order valence-corrected chi connectivity index (χ3v) is 3.67. The highest BCUT2D eigenvalue weighted by molar-refractivity contribution is 5.77. The molecule has 25 heavy (non-hydrogen) atoms. The third-order valence-electron chi connectivity index (χ3n) is 3.67. The minimum Gasteiger partial charge on any atom is -0.497 e. The Morgan fingerprint density at radius 3 is 2.08 bits per heavy atom. The van der Waals surface area contributed by atoms with Gasteiger partial charge < -0.3 is 19.5 Å². The molecule has 0 unspecified atom stereocenters. The predicted octanol–water partition coefficient (Wildman–Crippen LogP) is 3.39. The second-order valence-corrected chi connectivity index (χ2v) is 5.89. The number of rotatable bonds is 9. The first-order valence-corrected chi connectivity index (χ1v) is 8.35. The van der Waals surface area contributed by atoms with E-state index < -0.39 is 0 Å². The van der Waals surface area contributed by atoms with Gasteiger partial charge in [0.2, 0.25) is 0 Å². The van der Waals surface area contributed by atoms with Gasteiger partial charge in [0.15, 0.2) is 6.61 Å². The summed E-state index contributed by atoms with van der Waals surface area (Å²) in [5.74, 6) is 2.50. The first kappa shape index (κ1) is 18.6. The molecule has 0 aromatic heterocycles. The van der Waals surface area contributed by atoms with E-state index in [0.717, 1.165) is 11.5 Å². The van der Waals surface area contributed by atoms with E-state index in [9.17, 15) is 4.79 Å². The summed E-state index contributed by atoms with van der Waals surface area (Å²) in [6.07, 6.45) is 0. The van der Waals surface area contributed by atoms with Crippen LogP contribution in [-0.2, 0) is 4.79 Å². The lowest BCUT2D eigenvalue weighted by molar-refractivity contribution is -0.123. The van der Waals surface area contributed by atoms with Gasteiger partial charge in [-0.1, -0.05) is 26.0 Å². The number of carbonyl (C=O) groups excluding carboxylic acids is 1. The van der Waals surface area contributed by atoms with Crippen molar-refractivity contribution in [3.63, 3.8) is 0 Å². The number of nitrogens with one attached hydrogen (secondary N) is 1. The summed E-state index contributed by atoms with van der Waals surface area (Å²) in [4.78, 5) is 11.8. The minimum absolute atomic E-state index is 0.0104. The van der Waals surface area contributed by atoms with Crippen molar-refractivity contribution >= 4 is 5.91 Å². The molecular formula is C20H25NO4. The molecule has 2 rings (SSSR count). The summed E-state index contributed by atoms with van der Waals surface area (Å²) < 4.78 is 16.1. The van der Waals surface area contributed by atoms with Gasteiger partial charge in [-0.3, -0.25) is 4.79 Å². The largest absolute Gasteiger partial charge is 0.497 e. The number of amides is 1. The molecule has 2 aromatic carbocycles. The Kier molecular flexibility index (Phi) is 7.14. The number of hydrogen-bond acceptors (Lipinski definition) is 4. The average molecular weight is 343 g/mol. The second-order valence-electron chi connectivity index (χ2n) is 5.89. The first-order valence-electron chi connectivity index (χ1n) is 8.35. The quantitative estimate of drug-likeness (QED) is 0.709. The maximum atomic E-state index is 11.8. The molecule has 0 saturated heterocycles. The summed E-state index contributed by atoms with van der Waals surface area (Å²) >= 11 is 0. The van der Waals surface area contributed by atoms with Gasteiger partial charge in [0.05, 0.1) is 13.7 Å². The van der Waals surface area contributed by atoms with Crippen LogP contribution in [-0.4, -0.2) is 32.8 Å². The van der Waals surface area contributed by atoms with Crippen LogP contribution < -0.4 is 19.5 Å². The van der Waals surface area contributed by atoms with E-state index in [2.05, 4.69) is 19.2 Å². The Morgan fingerprint density at radius 2 is 1.48 bits per heavy atom. The fourth-order valence-corrected chi connectivity index (χ4v) is 2.18. The maximum Gasteiger partial charge on any atom is 0.258 e. The molecule has 0 spiro atoms. The molecule has 1 amide bonds. The molecule has 0 aliphatic heterocycles. The summed E-state index contributed by atoms with van der Waals surface area (Å²) in [5.41, 5.74) is 1.24. The van der Waals surface area contributed by atoms with Crippen molar-refractivity contribution in [1.29, 1.82) is 0 Å². The number of carbonyl (C=O) groups is 1. The topological polar surface area (TPSA) is 56.8 Å². The molecule has 0 radical (unpaired) electrons. The van der Waals surface area contributed by atoms with Crippen LogP contribution in [0.3, 0.4) is 0 Å². The van der Waals surface area contributed by atoms with Crippen molar-refractivity contribution in [3.8, 4) is 17.2 Å². The number of benzene rings is 2. The molecule has 5 heteroatoms. The predicted molar refractivity (Wildman–Crippen MR) is 97.5 cm³/mol. The van der Waals surface area contributed by atoms with E-state index in [4.69, 9.17) is 14.2 Å². The highest BCUT2D eigenvalue weighted by Gasteiger charge is 2.04. The van der Waals surface area contributed by atoms with E-state index in [1.165, 1.54) is 5.56 Å². The van der Waals surface area contributed by atoms with Crippen LogP contribution >= 0.6 is 0 Å². The van der Waals surface area contributed by atoms with Crippen molar-refractivity contribution in [2.24, 2.45) is 0 Å². The van der Waals surface area contributed by atoms with Gasteiger partial charge in [-0.05, 0) is 47.9 Å². The number of methoxy groups -OCH3 is 1. The molecule has 0 aliphatic rings. The van der Waals surface area contributed by atoms with Crippen LogP contribution in [0.15, 0.2) is 48.5 Å². The fourth-order valence-electron chi connectivity index (χ4n) is 2.18. The minimum atomic E-state index is -0.175. The van der Waals surface area contributed by atoms with E-state index >= 15 is 0 Å². The molecule has 2 aromatic rings. The van der Waals surface area contributed by atoms with E-state index in [0.29, 0.717) is 24.8 Å². The lowest BCUT2D eigenvalue weighted by Crippen LogP contribution is -2.32. The van der Waals surface area contributed by atoms with Crippen LogP contribution in [0.1, 0.15) is 25.3 Å². The molecule has 0 aliphatic carbocycles. The molecule has 5 nitrogen and oxygen atoms in total. The zero-order valence-electron chi connectivity index (χ0n) is 15.0. The van der Waals surface area contributed by atoms with Gasteiger partial charge >= 0.3 is 0 Å². The highest BCUT2D eigenvalue weighted by atomic mass is 16.5. The Morgan fingerprint density at radius 1 is 0.920 bits per heavy atom. The van der Waals surface area contributed by atoms with E-state index in [1.807, 2.05) is 48.5 Å². The average Bonchev–Trinajstić information content (AvgIpc) is 2.64. The van der Waals surface area contributed by atoms with Crippen LogP contribution in [0.2, 0.25) is 0 Å². The Hall–Kier alpha value is -2.69. The SMILES string of the molecule is COc1ccc(OCCNC(=O)COc2ccc(C(C)C)cc2)cc1. The second kappa shape index (κ2) is 9.57. The summed E-state index contributed by atoms with van der Waals surface area (Å²) in [7, 11) is 1.62. The van der Waals surface area contributed by atoms with Crippen molar-refractivity contribution in [3.05, 3.63) is 54.1 Å². The first-order chi connectivity index (χ1) is 12.1. The van der Waals surface area contributed by atoms with Gasteiger partial charge in [-0.15, -0.1) is 0 Å². The van der Waals surface area contributed by atoms with Crippen molar-refractivity contribution in [2.45, 2.75) is 19.8 Å². The molecule has 134 valence electrons. The van der Waals surface area contributed by atoms with Gasteiger partial charge in [-0.2, -0.15) is 0 Å². The van der Waals surface area contributed by atoms with E-state index in [-0.39, 0.29) is 12.5 Å². The monoisotopic (exact) mass is 343 g/mol. The molecule has 0 saturated carbocycles. The molecular weight excluding hydrogens is 318 g/mol. The molecule has 0 bridgehead atoms. The maximum absolute atomic E-state index is 11.8. The van der Waals surface area contributed by atoms with Gasteiger partial charge in [0.1, 0.15) is 23.9 Å². The van der Waals surface area contributed by atoms with Gasteiger partial charge in [0, 0.05) is 0 Å². The molecule has 1 N–H and O–H groups in total. The number of hydrogen-bond donors (Lipinski definition) is 1. The van der Waals surface area contributed by atoms with Crippen LogP contribution in [0.4, 0.5) is 0 Å². The summed E-state index contributed by atoms with van der Waals surface area (Å²) in [5, 5.41) is 2.76. The fraction of sp³-hybridized carbons (Fsp3) is 0.350. The van der Waals surface area contributed by atoms with Crippen molar-refractivity contribution < 1.29 is 19.0 Å². The number of ether oxygens (including phenoxy) is 3. The summed E-state index contributed by atoms with van der Waals surface area (Å²) in [6.45, 7) is 5.07. The lowest BCUT2D eigenvalue weighted by atomic mass is 10.0. The third kappa shape index (κ3) is 6.37. The van der Waals surface area contributed by atoms with Crippen molar-refractivity contribution in [1.82, 2.24) is 5.32 Å². The normalized spacial score (nSPS) is 10.4.